The van der Waals surface area contributed by atoms with Gasteiger partial charge in [0.15, 0.2) is 11.5 Å². The van der Waals surface area contributed by atoms with E-state index in [4.69, 9.17) is 48.7 Å². The first-order chi connectivity index (χ1) is 23.0. The van der Waals surface area contributed by atoms with E-state index in [0.717, 1.165) is 64.2 Å². The highest BCUT2D eigenvalue weighted by molar-refractivity contribution is 7.53. The lowest BCUT2D eigenvalue weighted by Gasteiger charge is -2.22. The predicted molar refractivity (Wildman–Crippen MR) is 163 cm³/mol. The third-order valence-corrected chi connectivity index (χ3v) is 8.50. The van der Waals surface area contributed by atoms with Gasteiger partial charge in [-0.15, -0.1) is 0 Å². The molecule has 266 valence electrons. The molecule has 0 aromatic carbocycles. The Kier molecular flexibility index (Phi) is 16.0. The van der Waals surface area contributed by atoms with Crippen molar-refractivity contribution in [2.45, 2.75) is 83.0 Å². The Morgan fingerprint density at radius 1 is 0.833 bits per heavy atom. The minimum absolute atomic E-state index is 0.0707. The van der Waals surface area contributed by atoms with Crippen LogP contribution in [0.5, 0.6) is 0 Å². The van der Waals surface area contributed by atoms with Crippen LogP contribution in [0.2, 0.25) is 0 Å². The Labute approximate surface area is 275 Å². The van der Waals surface area contributed by atoms with E-state index in [1.807, 2.05) is 0 Å². The molecular weight excluding hydrogens is 661 g/mol. The molecule has 0 spiro atoms. The molecule has 48 heavy (non-hydrogen) atoms. The maximum Gasteiger partial charge on any atom is 0.510 e. The second-order valence-corrected chi connectivity index (χ2v) is 12.6. The van der Waals surface area contributed by atoms with Crippen LogP contribution in [0.25, 0.3) is 11.2 Å². The Morgan fingerprint density at radius 2 is 1.35 bits per heavy atom. The van der Waals surface area contributed by atoms with Gasteiger partial charge in [0.2, 0.25) is 13.6 Å². The van der Waals surface area contributed by atoms with Crippen molar-refractivity contribution in [3.63, 3.8) is 0 Å². The zero-order valence-corrected chi connectivity index (χ0v) is 27.1. The number of aromatic nitrogens is 4. The van der Waals surface area contributed by atoms with E-state index in [9.17, 15) is 23.7 Å². The average molecular weight is 702 g/mol. The quantitative estimate of drug-likeness (QED) is 0.0772. The molecule has 2 aliphatic carbocycles. The molecule has 0 bridgehead atoms. The van der Waals surface area contributed by atoms with Gasteiger partial charge >= 0.3 is 31.8 Å². The lowest BCUT2D eigenvalue weighted by molar-refractivity contribution is -0.134. The summed E-state index contributed by atoms with van der Waals surface area (Å²) in [6.45, 7) is -1.05. The molecule has 4 N–H and O–H groups in total. The number of imidazole rings is 1. The number of carbonyl (C=O) groups is 4. The first-order valence-electron chi connectivity index (χ1n) is 15.2. The highest BCUT2D eigenvalue weighted by Crippen LogP contribution is 2.48. The van der Waals surface area contributed by atoms with Crippen LogP contribution in [0.3, 0.4) is 0 Å². The number of rotatable bonds is 15. The monoisotopic (exact) mass is 701 g/mol. The minimum Gasteiger partial charge on any atom is -0.478 e. The minimum atomic E-state index is -4.04. The fourth-order valence-corrected chi connectivity index (χ4v) is 5.67. The molecule has 0 aliphatic heterocycles. The Bertz CT molecular complexity index is 1370. The summed E-state index contributed by atoms with van der Waals surface area (Å²) in [5, 5.41) is 15.6. The summed E-state index contributed by atoms with van der Waals surface area (Å²) in [6, 6.07) is 0. The Morgan fingerprint density at radius 3 is 1.85 bits per heavy atom. The lowest BCUT2D eigenvalue weighted by atomic mass is 9.98. The van der Waals surface area contributed by atoms with Crippen LogP contribution in [0, 0.1) is 0 Å². The van der Waals surface area contributed by atoms with E-state index >= 15 is 0 Å². The van der Waals surface area contributed by atoms with Gasteiger partial charge in [-0.05, 0) is 51.4 Å². The molecule has 19 nitrogen and oxygen atoms in total. The normalized spacial score (nSPS) is 15.8. The fourth-order valence-electron chi connectivity index (χ4n) is 4.67. The number of ether oxygens (including phenoxy) is 5. The predicted octanol–water partition coefficient (Wildman–Crippen LogP) is 4.21. The Balaban J connectivity index is 0.000000694. The molecule has 20 heteroatoms. The molecule has 2 saturated carbocycles. The van der Waals surface area contributed by atoms with Crippen LogP contribution in [0.15, 0.2) is 24.8 Å². The molecule has 2 heterocycles. The number of nitrogens with two attached hydrogens (primary N) is 1. The second-order valence-electron chi connectivity index (χ2n) is 10.6. The highest BCUT2D eigenvalue weighted by Gasteiger charge is 2.28. The number of nitrogen functional groups attached to an aromatic ring is 1. The second kappa shape index (κ2) is 20.1. The number of nitrogens with zero attached hydrogens (tertiary/aromatic N) is 4. The van der Waals surface area contributed by atoms with Crippen molar-refractivity contribution in [2.75, 3.05) is 32.3 Å². The summed E-state index contributed by atoms with van der Waals surface area (Å²) in [4.78, 5) is 55.4. The number of aliphatic carboxylic acids is 2. The summed E-state index contributed by atoms with van der Waals surface area (Å²) in [6.07, 6.45) is 10.4. The van der Waals surface area contributed by atoms with E-state index in [2.05, 4.69) is 15.0 Å². The van der Waals surface area contributed by atoms with Gasteiger partial charge in [-0.2, -0.15) is 0 Å². The van der Waals surface area contributed by atoms with E-state index in [0.29, 0.717) is 29.9 Å². The molecule has 4 rings (SSSR count). The summed E-state index contributed by atoms with van der Waals surface area (Å²) in [5.74, 6) is -2.26. The van der Waals surface area contributed by atoms with Crippen LogP contribution < -0.4 is 5.73 Å². The zero-order chi connectivity index (χ0) is 34.8. The number of carboxylic acid groups (broad SMARTS) is 2. The topological polar surface area (TPSA) is 260 Å². The molecule has 2 aromatic heterocycles. The van der Waals surface area contributed by atoms with Crippen molar-refractivity contribution in [3.8, 4) is 0 Å². The van der Waals surface area contributed by atoms with Gasteiger partial charge in [0.25, 0.3) is 0 Å². The lowest BCUT2D eigenvalue weighted by Crippen LogP contribution is -2.23. The van der Waals surface area contributed by atoms with Gasteiger partial charge in [-0.1, -0.05) is 12.8 Å². The largest absolute Gasteiger partial charge is 0.510 e. The summed E-state index contributed by atoms with van der Waals surface area (Å²) < 4.78 is 51.4. The van der Waals surface area contributed by atoms with E-state index in [1.54, 1.807) is 4.57 Å². The van der Waals surface area contributed by atoms with Crippen LogP contribution in [-0.2, 0) is 53.4 Å². The maximum absolute atomic E-state index is 13.3. The number of hydrogen-bond acceptors (Lipinski definition) is 16. The smallest absolute Gasteiger partial charge is 0.478 e. The van der Waals surface area contributed by atoms with Gasteiger partial charge < -0.3 is 44.2 Å². The van der Waals surface area contributed by atoms with Gasteiger partial charge in [-0.3, -0.25) is 13.6 Å². The third-order valence-electron chi connectivity index (χ3n) is 7.01. The third kappa shape index (κ3) is 14.2. The van der Waals surface area contributed by atoms with Crippen molar-refractivity contribution in [2.24, 2.45) is 0 Å². The number of fused-ring (bicyclic) bond motifs is 1. The molecule has 0 atom stereocenters. The van der Waals surface area contributed by atoms with E-state index < -0.39 is 51.8 Å². The van der Waals surface area contributed by atoms with Crippen LogP contribution >= 0.6 is 7.60 Å². The summed E-state index contributed by atoms with van der Waals surface area (Å²) >= 11 is 0. The number of carbonyl (C=O) groups excluding carboxylic acids is 2. The van der Waals surface area contributed by atoms with Crippen LogP contribution in [0.4, 0.5) is 15.4 Å². The van der Waals surface area contributed by atoms with Gasteiger partial charge in [-0.25, -0.2) is 34.1 Å². The van der Waals surface area contributed by atoms with Gasteiger partial charge in [0, 0.05) is 18.7 Å². The molecule has 0 amide bonds. The first-order valence-corrected chi connectivity index (χ1v) is 17.0. The zero-order valence-electron chi connectivity index (χ0n) is 26.2. The van der Waals surface area contributed by atoms with Gasteiger partial charge in [0.1, 0.15) is 30.4 Å². The van der Waals surface area contributed by atoms with Gasteiger partial charge in [0.05, 0.1) is 12.9 Å². The van der Waals surface area contributed by atoms with Crippen LogP contribution in [0.1, 0.15) is 64.2 Å². The maximum atomic E-state index is 13.3. The molecule has 2 aliphatic rings. The number of carboxylic acids is 2. The molecule has 0 unspecified atom stereocenters. The van der Waals surface area contributed by atoms with Crippen molar-refractivity contribution < 1.29 is 66.7 Å². The highest BCUT2D eigenvalue weighted by atomic mass is 31.2. The van der Waals surface area contributed by atoms with E-state index in [-0.39, 0.29) is 24.6 Å². The molecule has 0 saturated heterocycles. The first kappa shape index (κ1) is 38.1. The standard InChI is InChI=1S/C24H36N5O10P.C4H4O4/c25-21-20-22(27-13-26-21)29(14-28-20)11-12-33-17-40(32,36-15-34-23(30)38-18-7-3-1-4-8-18)37-16-35-24(31)39-19-9-5-2-6-10-19;5-3(6)1-2-4(7)8/h13-14,18-19H,1-12,15-17H2,(H2,25,26,27);1-2H,(H,5,6)(H,7,8)/b;2-1+. The summed E-state index contributed by atoms with van der Waals surface area (Å²) in [5.41, 5.74) is 6.77. The van der Waals surface area contributed by atoms with E-state index in [1.165, 1.54) is 12.7 Å². The molecule has 2 fully saturated rings. The SMILES string of the molecule is Nc1ncnc2c1ncn2CCOCP(=O)(OCOC(=O)OC1CCCCC1)OCOC(=O)OC1CCCCC1.O=C(O)/C=C/C(=O)O. The van der Waals surface area contributed by atoms with Crippen molar-refractivity contribution in [3.05, 3.63) is 24.8 Å². The average Bonchev–Trinajstić information content (AvgIpc) is 3.48. The number of hydrogen-bond donors (Lipinski definition) is 3. The molecular formula is C28H40N5O14P. The molecule has 2 aromatic rings. The molecule has 0 radical (unpaired) electrons. The van der Waals surface area contributed by atoms with Crippen molar-refractivity contribution in [1.29, 1.82) is 0 Å². The van der Waals surface area contributed by atoms with Crippen LogP contribution in [-0.4, -0.2) is 92.7 Å². The van der Waals surface area contributed by atoms with Crippen molar-refractivity contribution >= 4 is 48.8 Å². The Hall–Kier alpha value is -4.32. The number of anilines is 1. The van der Waals surface area contributed by atoms with Crippen molar-refractivity contribution in [1.82, 2.24) is 19.5 Å². The summed E-state index contributed by atoms with van der Waals surface area (Å²) in [7, 11) is -4.04. The fraction of sp³-hybridized carbons (Fsp3) is 0.607.